The van der Waals surface area contributed by atoms with E-state index in [1.54, 1.807) is 19.2 Å². The smallest absolute Gasteiger partial charge is 0.257 e. The first kappa shape index (κ1) is 20.7. The summed E-state index contributed by atoms with van der Waals surface area (Å²) < 4.78 is 11.2. The molecule has 27 heavy (non-hydrogen) atoms. The molecule has 2 rings (SSSR count). The topological polar surface area (TPSA) is 59.6 Å². The van der Waals surface area contributed by atoms with Crippen molar-refractivity contribution < 1.29 is 14.3 Å². The number of hydrogen-bond donors (Lipinski definition) is 2. The lowest BCUT2D eigenvalue weighted by Crippen LogP contribution is -2.38. The van der Waals surface area contributed by atoms with Crippen LogP contribution in [0.25, 0.3) is 0 Å². The predicted molar refractivity (Wildman–Crippen MR) is 111 cm³/mol. The Labute approximate surface area is 166 Å². The summed E-state index contributed by atoms with van der Waals surface area (Å²) in [6, 6.07) is 14.7. The Kier molecular flexibility index (Phi) is 8.07. The van der Waals surface area contributed by atoms with E-state index < -0.39 is 0 Å². The molecule has 2 aromatic carbocycles. The number of carbonyl (C=O) groups excluding carboxylic acids is 1. The summed E-state index contributed by atoms with van der Waals surface area (Å²) in [5.74, 6) is 1.75. The third-order valence-corrected chi connectivity index (χ3v) is 4.14. The average molecular weight is 387 g/mol. The average Bonchev–Trinajstić information content (AvgIpc) is 2.67. The van der Waals surface area contributed by atoms with Gasteiger partial charge in [0.05, 0.1) is 13.7 Å². The molecule has 0 heterocycles. The van der Waals surface area contributed by atoms with Crippen LogP contribution in [-0.2, 0) is 6.54 Å². The van der Waals surface area contributed by atoms with Gasteiger partial charge in [-0.25, -0.2) is 0 Å². The Bertz CT molecular complexity index is 763. The molecule has 144 valence electrons. The number of ether oxygens (including phenoxy) is 2. The van der Waals surface area contributed by atoms with E-state index in [0.29, 0.717) is 30.4 Å². The largest absolute Gasteiger partial charge is 0.493 e. The second-order valence-electron chi connectivity index (χ2n) is 6.52. The second kappa shape index (κ2) is 10.5. The molecule has 6 heteroatoms. The summed E-state index contributed by atoms with van der Waals surface area (Å²) in [5, 5.41) is 5.98. The first-order valence-corrected chi connectivity index (χ1v) is 9.34. The van der Waals surface area contributed by atoms with Crippen LogP contribution in [0, 0.1) is 5.92 Å². The Balaban J connectivity index is 1.87. The van der Waals surface area contributed by atoms with Crippen molar-refractivity contribution in [3.63, 3.8) is 0 Å². The van der Waals surface area contributed by atoms with Gasteiger partial charge in [0.2, 0.25) is 0 Å². The van der Waals surface area contributed by atoms with Gasteiger partial charge in [0.25, 0.3) is 5.91 Å². The number of methoxy groups -OCH3 is 1. The maximum absolute atomic E-state index is 12.1. The molecule has 0 bridgehead atoms. The molecular formula is C21H26N2O3S. The van der Waals surface area contributed by atoms with Crippen LogP contribution in [0.5, 0.6) is 11.5 Å². The maximum Gasteiger partial charge on any atom is 0.257 e. The molecule has 0 aromatic heterocycles. The molecule has 2 N–H and O–H groups in total. The quantitative estimate of drug-likeness (QED) is 0.674. The van der Waals surface area contributed by atoms with Crippen LogP contribution >= 0.6 is 12.2 Å². The molecule has 0 spiro atoms. The van der Waals surface area contributed by atoms with Crippen molar-refractivity contribution in [2.75, 3.05) is 13.7 Å². The van der Waals surface area contributed by atoms with Gasteiger partial charge < -0.3 is 14.8 Å². The van der Waals surface area contributed by atoms with Crippen LogP contribution in [-0.4, -0.2) is 24.7 Å². The van der Waals surface area contributed by atoms with Gasteiger partial charge in [-0.15, -0.1) is 0 Å². The fourth-order valence-electron chi connectivity index (χ4n) is 2.34. The van der Waals surface area contributed by atoms with Gasteiger partial charge in [0.15, 0.2) is 16.6 Å². The summed E-state index contributed by atoms with van der Waals surface area (Å²) in [6.07, 6.45) is 0.988. The van der Waals surface area contributed by atoms with E-state index in [4.69, 9.17) is 21.7 Å². The van der Waals surface area contributed by atoms with Crippen LogP contribution in [0.2, 0.25) is 0 Å². The molecule has 0 aliphatic heterocycles. The summed E-state index contributed by atoms with van der Waals surface area (Å²) >= 11 is 5.20. The highest BCUT2D eigenvalue weighted by atomic mass is 32.1. The lowest BCUT2D eigenvalue weighted by Gasteiger charge is -2.14. The minimum Gasteiger partial charge on any atom is -0.493 e. The molecular weight excluding hydrogens is 360 g/mol. The van der Waals surface area contributed by atoms with Crippen molar-refractivity contribution in [1.29, 1.82) is 0 Å². The van der Waals surface area contributed by atoms with Crippen molar-refractivity contribution in [1.82, 2.24) is 10.6 Å². The van der Waals surface area contributed by atoms with Crippen LogP contribution in [0.3, 0.4) is 0 Å². The molecule has 2 aromatic rings. The van der Waals surface area contributed by atoms with Gasteiger partial charge in [0, 0.05) is 12.1 Å². The third kappa shape index (κ3) is 6.90. The molecule has 5 nitrogen and oxygen atoms in total. The Morgan fingerprint density at radius 1 is 1.11 bits per heavy atom. The van der Waals surface area contributed by atoms with E-state index in [1.807, 2.05) is 36.4 Å². The zero-order valence-electron chi connectivity index (χ0n) is 16.0. The summed E-state index contributed by atoms with van der Waals surface area (Å²) in [7, 11) is 1.62. The number of amides is 1. The van der Waals surface area contributed by atoms with Crippen molar-refractivity contribution in [3.05, 3.63) is 59.7 Å². The highest BCUT2D eigenvalue weighted by Gasteiger charge is 2.09. The molecule has 0 atom stereocenters. The molecule has 1 amide bonds. The molecule has 0 saturated carbocycles. The maximum atomic E-state index is 12.1. The normalized spacial score (nSPS) is 10.4. The highest BCUT2D eigenvalue weighted by molar-refractivity contribution is 7.80. The van der Waals surface area contributed by atoms with Crippen LogP contribution in [0.1, 0.15) is 36.2 Å². The van der Waals surface area contributed by atoms with E-state index >= 15 is 0 Å². The molecule has 0 aliphatic carbocycles. The number of nitrogens with one attached hydrogen (secondary N) is 2. The second-order valence-corrected chi connectivity index (χ2v) is 6.93. The van der Waals surface area contributed by atoms with Gasteiger partial charge in [-0.05, 0) is 54.4 Å². The van der Waals surface area contributed by atoms with Gasteiger partial charge in [-0.2, -0.15) is 0 Å². The van der Waals surface area contributed by atoms with Gasteiger partial charge in [0.1, 0.15) is 0 Å². The SMILES string of the molecule is COc1cc(CNC(=S)NC(=O)c2ccccc2)ccc1OCCC(C)C. The molecule has 0 radical (unpaired) electrons. The molecule has 0 fully saturated rings. The fourth-order valence-corrected chi connectivity index (χ4v) is 2.50. The fraction of sp³-hybridized carbons (Fsp3) is 0.333. The zero-order chi connectivity index (χ0) is 19.6. The van der Waals surface area contributed by atoms with Gasteiger partial charge in [-0.3, -0.25) is 10.1 Å². The van der Waals surface area contributed by atoms with E-state index in [9.17, 15) is 4.79 Å². The lowest BCUT2D eigenvalue weighted by molar-refractivity contribution is 0.0976. The van der Waals surface area contributed by atoms with Crippen molar-refractivity contribution in [3.8, 4) is 11.5 Å². The minimum atomic E-state index is -0.236. The molecule has 0 aliphatic rings. The number of benzene rings is 2. The highest BCUT2D eigenvalue weighted by Crippen LogP contribution is 2.28. The Hall–Kier alpha value is -2.60. The lowest BCUT2D eigenvalue weighted by atomic mass is 10.1. The van der Waals surface area contributed by atoms with Crippen LogP contribution in [0.15, 0.2) is 48.5 Å². The van der Waals surface area contributed by atoms with Gasteiger partial charge >= 0.3 is 0 Å². The van der Waals surface area contributed by atoms with Crippen LogP contribution < -0.4 is 20.1 Å². The third-order valence-electron chi connectivity index (χ3n) is 3.90. The summed E-state index contributed by atoms with van der Waals surface area (Å²) in [4.78, 5) is 12.1. The summed E-state index contributed by atoms with van der Waals surface area (Å²) in [6.45, 7) is 5.45. The van der Waals surface area contributed by atoms with Crippen molar-refractivity contribution in [2.24, 2.45) is 5.92 Å². The Morgan fingerprint density at radius 3 is 2.52 bits per heavy atom. The van der Waals surface area contributed by atoms with E-state index in [2.05, 4.69) is 24.5 Å². The van der Waals surface area contributed by atoms with E-state index in [1.165, 1.54) is 0 Å². The number of hydrogen-bond acceptors (Lipinski definition) is 4. The van der Waals surface area contributed by atoms with Gasteiger partial charge in [-0.1, -0.05) is 38.1 Å². The first-order chi connectivity index (χ1) is 13.0. The van der Waals surface area contributed by atoms with Crippen molar-refractivity contribution >= 4 is 23.2 Å². The Morgan fingerprint density at radius 2 is 1.85 bits per heavy atom. The predicted octanol–water partition coefficient (Wildman–Crippen LogP) is 3.92. The first-order valence-electron chi connectivity index (χ1n) is 8.93. The van der Waals surface area contributed by atoms with Crippen molar-refractivity contribution in [2.45, 2.75) is 26.8 Å². The number of carbonyl (C=O) groups is 1. The zero-order valence-corrected chi connectivity index (χ0v) is 16.8. The van der Waals surface area contributed by atoms with E-state index in [-0.39, 0.29) is 11.0 Å². The minimum absolute atomic E-state index is 0.236. The standard InChI is InChI=1S/C21H26N2O3S/c1-15(2)11-12-26-18-10-9-16(13-19(18)25-3)14-22-21(27)23-20(24)17-7-5-4-6-8-17/h4-10,13,15H,11-12,14H2,1-3H3,(H2,22,23,24,27). The van der Waals surface area contributed by atoms with E-state index in [0.717, 1.165) is 17.7 Å². The molecule has 0 unspecified atom stereocenters. The number of thiocarbonyl (C=S) groups is 1. The molecule has 0 saturated heterocycles. The van der Waals surface area contributed by atoms with Crippen LogP contribution in [0.4, 0.5) is 0 Å². The monoisotopic (exact) mass is 386 g/mol. The summed E-state index contributed by atoms with van der Waals surface area (Å²) in [5.41, 5.74) is 1.53. The number of rotatable bonds is 8.